The van der Waals surface area contributed by atoms with Gasteiger partial charge in [-0.2, -0.15) is 0 Å². The van der Waals surface area contributed by atoms with Crippen LogP contribution in [0.2, 0.25) is 0 Å². The molecule has 2 aliphatic heterocycles. The molecule has 1 aromatic heterocycles. The fraction of sp³-hybridized carbons (Fsp3) is 0.643. The molecule has 0 saturated carbocycles. The fourth-order valence-corrected chi connectivity index (χ4v) is 3.74. The van der Waals surface area contributed by atoms with Crippen LogP contribution in [0, 0.1) is 0 Å². The van der Waals surface area contributed by atoms with Crippen molar-refractivity contribution in [3.8, 4) is 0 Å². The predicted molar refractivity (Wildman–Crippen MR) is 76.1 cm³/mol. The van der Waals surface area contributed by atoms with Gasteiger partial charge in [0, 0.05) is 18.6 Å². The zero-order chi connectivity index (χ0) is 13.4. The molecular formula is C14H19BrN2O2. The highest BCUT2D eigenvalue weighted by Gasteiger charge is 2.39. The summed E-state index contributed by atoms with van der Waals surface area (Å²) < 4.78 is 6.02. The molecule has 4 nitrogen and oxygen atoms in total. The number of furan rings is 1. The van der Waals surface area contributed by atoms with Crippen molar-refractivity contribution in [3.05, 3.63) is 22.6 Å². The van der Waals surface area contributed by atoms with E-state index >= 15 is 0 Å². The van der Waals surface area contributed by atoms with Gasteiger partial charge < -0.3 is 14.2 Å². The number of carbonyl (C=O) groups excluding carboxylic acids is 1. The van der Waals surface area contributed by atoms with Gasteiger partial charge in [-0.3, -0.25) is 4.79 Å². The second-order valence-electron chi connectivity index (χ2n) is 5.50. The van der Waals surface area contributed by atoms with Crippen LogP contribution in [-0.2, 0) is 0 Å². The molecular weight excluding hydrogens is 308 g/mol. The molecule has 104 valence electrons. The maximum Gasteiger partial charge on any atom is 0.289 e. The first kappa shape index (κ1) is 13.2. The Morgan fingerprint density at radius 1 is 1.26 bits per heavy atom. The number of likely N-dealkylation sites (tertiary alicyclic amines) is 2. The van der Waals surface area contributed by atoms with Gasteiger partial charge in [-0.1, -0.05) is 0 Å². The van der Waals surface area contributed by atoms with E-state index in [9.17, 15) is 4.79 Å². The molecule has 1 aromatic rings. The van der Waals surface area contributed by atoms with Crippen molar-refractivity contribution in [2.75, 3.05) is 20.1 Å². The number of likely N-dealkylation sites (N-methyl/N-ethyl adjacent to an activating group) is 1. The lowest BCUT2D eigenvalue weighted by molar-refractivity contribution is 0.0631. The van der Waals surface area contributed by atoms with Crippen LogP contribution >= 0.6 is 15.9 Å². The number of hydrogen-bond donors (Lipinski definition) is 0. The maximum atomic E-state index is 12.5. The van der Waals surface area contributed by atoms with Crippen LogP contribution in [0.1, 0.15) is 36.2 Å². The number of hydrogen-bond acceptors (Lipinski definition) is 3. The highest BCUT2D eigenvalue weighted by molar-refractivity contribution is 9.10. The van der Waals surface area contributed by atoms with Crippen molar-refractivity contribution < 1.29 is 9.21 Å². The standard InChI is InChI=1S/C14H19BrN2O2/c1-16-8-2-4-10(16)11-5-3-9-17(11)14(18)12-6-7-13(15)19-12/h6-7,10-11H,2-5,8-9H2,1H3/t10-,11+/m0/s1. The zero-order valence-electron chi connectivity index (χ0n) is 11.1. The summed E-state index contributed by atoms with van der Waals surface area (Å²) in [4.78, 5) is 16.9. The monoisotopic (exact) mass is 326 g/mol. The molecule has 0 radical (unpaired) electrons. The van der Waals surface area contributed by atoms with E-state index in [0.717, 1.165) is 25.9 Å². The van der Waals surface area contributed by atoms with Gasteiger partial charge in [0.1, 0.15) is 0 Å². The third-order valence-electron chi connectivity index (χ3n) is 4.37. The minimum Gasteiger partial charge on any atom is -0.444 e. The molecule has 0 unspecified atom stereocenters. The molecule has 0 bridgehead atoms. The lowest BCUT2D eigenvalue weighted by atomic mass is 10.0. The third kappa shape index (κ3) is 2.46. The molecule has 2 saturated heterocycles. The van der Waals surface area contributed by atoms with Crippen LogP contribution in [-0.4, -0.2) is 47.9 Å². The van der Waals surface area contributed by atoms with Gasteiger partial charge in [0.2, 0.25) is 0 Å². The first-order valence-electron chi connectivity index (χ1n) is 6.93. The first-order chi connectivity index (χ1) is 9.16. The molecule has 3 rings (SSSR count). The van der Waals surface area contributed by atoms with E-state index < -0.39 is 0 Å². The Balaban J connectivity index is 1.77. The molecule has 0 N–H and O–H groups in total. The number of carbonyl (C=O) groups is 1. The van der Waals surface area contributed by atoms with Crippen molar-refractivity contribution in [3.63, 3.8) is 0 Å². The van der Waals surface area contributed by atoms with Crippen LogP contribution in [0.15, 0.2) is 21.2 Å². The number of halogens is 1. The third-order valence-corrected chi connectivity index (χ3v) is 4.79. The molecule has 0 spiro atoms. The molecule has 1 amide bonds. The summed E-state index contributed by atoms with van der Waals surface area (Å²) in [6.45, 7) is 2.00. The average Bonchev–Trinajstić information content (AvgIpc) is 3.07. The molecule has 5 heteroatoms. The van der Waals surface area contributed by atoms with E-state index in [-0.39, 0.29) is 5.91 Å². The van der Waals surface area contributed by atoms with Gasteiger partial charge in [-0.05, 0) is 67.3 Å². The quantitative estimate of drug-likeness (QED) is 0.838. The molecule has 19 heavy (non-hydrogen) atoms. The Morgan fingerprint density at radius 3 is 2.63 bits per heavy atom. The zero-order valence-corrected chi connectivity index (χ0v) is 12.7. The normalized spacial score (nSPS) is 28.2. The summed E-state index contributed by atoms with van der Waals surface area (Å²) in [6.07, 6.45) is 4.66. The van der Waals surface area contributed by atoms with E-state index in [0.29, 0.717) is 22.5 Å². The fourth-order valence-electron chi connectivity index (χ4n) is 3.44. The molecule has 0 aliphatic carbocycles. The Kier molecular flexibility index (Phi) is 3.67. The Bertz CT molecular complexity index is 474. The van der Waals surface area contributed by atoms with E-state index in [2.05, 4.69) is 27.9 Å². The summed E-state index contributed by atoms with van der Waals surface area (Å²) in [7, 11) is 2.17. The van der Waals surface area contributed by atoms with Crippen LogP contribution < -0.4 is 0 Å². The molecule has 2 aliphatic rings. The summed E-state index contributed by atoms with van der Waals surface area (Å²) in [5.41, 5.74) is 0. The van der Waals surface area contributed by atoms with E-state index in [1.807, 2.05) is 4.90 Å². The van der Waals surface area contributed by atoms with Gasteiger partial charge in [0.15, 0.2) is 10.4 Å². The largest absolute Gasteiger partial charge is 0.444 e. The van der Waals surface area contributed by atoms with Gasteiger partial charge in [-0.25, -0.2) is 0 Å². The van der Waals surface area contributed by atoms with Gasteiger partial charge >= 0.3 is 0 Å². The second kappa shape index (κ2) is 5.29. The lowest BCUT2D eigenvalue weighted by Gasteiger charge is -2.32. The lowest BCUT2D eigenvalue weighted by Crippen LogP contribution is -2.47. The number of nitrogens with zero attached hydrogens (tertiary/aromatic N) is 2. The summed E-state index contributed by atoms with van der Waals surface area (Å²) >= 11 is 3.25. The highest BCUT2D eigenvalue weighted by Crippen LogP contribution is 2.30. The Labute approximate surface area is 121 Å². The van der Waals surface area contributed by atoms with Crippen LogP contribution in [0.3, 0.4) is 0 Å². The van der Waals surface area contributed by atoms with Crippen molar-refractivity contribution in [2.24, 2.45) is 0 Å². The maximum absolute atomic E-state index is 12.5. The SMILES string of the molecule is CN1CCC[C@H]1[C@H]1CCCN1C(=O)c1ccc(Br)o1. The summed E-state index contributed by atoms with van der Waals surface area (Å²) in [5, 5.41) is 0. The highest BCUT2D eigenvalue weighted by atomic mass is 79.9. The van der Waals surface area contributed by atoms with E-state index in [1.165, 1.54) is 12.8 Å². The van der Waals surface area contributed by atoms with E-state index in [4.69, 9.17) is 4.42 Å². The summed E-state index contributed by atoms with van der Waals surface area (Å²) in [6, 6.07) is 4.40. The molecule has 3 heterocycles. The van der Waals surface area contributed by atoms with Crippen molar-refractivity contribution in [1.82, 2.24) is 9.80 Å². The molecule has 0 aromatic carbocycles. The van der Waals surface area contributed by atoms with Crippen LogP contribution in [0.4, 0.5) is 0 Å². The number of rotatable bonds is 2. The Hall–Kier alpha value is -0.810. The Morgan fingerprint density at radius 2 is 2.00 bits per heavy atom. The van der Waals surface area contributed by atoms with Crippen molar-refractivity contribution in [2.45, 2.75) is 37.8 Å². The van der Waals surface area contributed by atoms with E-state index in [1.54, 1.807) is 12.1 Å². The summed E-state index contributed by atoms with van der Waals surface area (Å²) in [5.74, 6) is 0.480. The smallest absolute Gasteiger partial charge is 0.289 e. The number of amides is 1. The van der Waals surface area contributed by atoms with Gasteiger partial charge in [-0.15, -0.1) is 0 Å². The van der Waals surface area contributed by atoms with Crippen LogP contribution in [0.25, 0.3) is 0 Å². The minimum absolute atomic E-state index is 0.0356. The molecule has 2 atom stereocenters. The van der Waals surface area contributed by atoms with Gasteiger partial charge in [0.05, 0.1) is 0 Å². The van der Waals surface area contributed by atoms with Crippen molar-refractivity contribution >= 4 is 21.8 Å². The second-order valence-corrected chi connectivity index (χ2v) is 6.28. The molecule has 2 fully saturated rings. The van der Waals surface area contributed by atoms with Crippen LogP contribution in [0.5, 0.6) is 0 Å². The predicted octanol–water partition coefficient (Wildman–Crippen LogP) is 2.74. The first-order valence-corrected chi connectivity index (χ1v) is 7.72. The van der Waals surface area contributed by atoms with Crippen molar-refractivity contribution in [1.29, 1.82) is 0 Å². The topological polar surface area (TPSA) is 36.7 Å². The average molecular weight is 327 g/mol. The van der Waals surface area contributed by atoms with Gasteiger partial charge in [0.25, 0.3) is 5.91 Å². The minimum atomic E-state index is 0.0356.